The Morgan fingerprint density at radius 3 is 2.47 bits per heavy atom. The van der Waals surface area contributed by atoms with Crippen molar-refractivity contribution in [3.05, 3.63) is 33.8 Å². The molecule has 0 fully saturated rings. The van der Waals surface area contributed by atoms with E-state index < -0.39 is 0 Å². The normalized spacial score (nSPS) is 9.82. The zero-order chi connectivity index (χ0) is 12.5. The molecule has 17 heavy (non-hydrogen) atoms. The van der Waals surface area contributed by atoms with Crippen molar-refractivity contribution in [1.82, 2.24) is 0 Å². The van der Waals surface area contributed by atoms with Crippen molar-refractivity contribution in [2.75, 3.05) is 0 Å². The third kappa shape index (κ3) is 6.01. The highest BCUT2D eigenvalue weighted by Crippen LogP contribution is 2.22. The van der Waals surface area contributed by atoms with Crippen molar-refractivity contribution in [2.24, 2.45) is 0 Å². The maximum absolute atomic E-state index is 5.91. The number of benzene rings is 1. The molecule has 92 valence electrons. The first kappa shape index (κ1) is 14.4. The summed E-state index contributed by atoms with van der Waals surface area (Å²) in [6.45, 7) is 2.23. The highest BCUT2D eigenvalue weighted by Gasteiger charge is 1.96. The van der Waals surface area contributed by atoms with Gasteiger partial charge in [0.1, 0.15) is 0 Å². The van der Waals surface area contributed by atoms with E-state index in [0.717, 1.165) is 12.0 Å². The van der Waals surface area contributed by atoms with Crippen molar-refractivity contribution in [3.8, 4) is 11.8 Å². The zero-order valence-electron chi connectivity index (χ0n) is 10.2. The van der Waals surface area contributed by atoms with Crippen LogP contribution in [0.25, 0.3) is 0 Å². The van der Waals surface area contributed by atoms with Crippen molar-refractivity contribution in [2.45, 2.75) is 45.4 Å². The van der Waals surface area contributed by atoms with E-state index in [4.69, 9.17) is 23.2 Å². The molecular formula is C15H18Cl2. The molecule has 0 atom stereocenters. The van der Waals surface area contributed by atoms with Crippen molar-refractivity contribution in [3.63, 3.8) is 0 Å². The lowest BCUT2D eigenvalue weighted by molar-refractivity contribution is 0.641. The van der Waals surface area contributed by atoms with Crippen LogP contribution in [0.2, 0.25) is 10.0 Å². The topological polar surface area (TPSA) is 0 Å². The first-order valence-electron chi connectivity index (χ1n) is 6.18. The molecule has 0 saturated heterocycles. The lowest BCUT2D eigenvalue weighted by Gasteiger charge is -1.96. The van der Waals surface area contributed by atoms with Crippen LogP contribution in [0.4, 0.5) is 0 Å². The van der Waals surface area contributed by atoms with Gasteiger partial charge in [0, 0.05) is 12.0 Å². The molecule has 0 bridgehead atoms. The van der Waals surface area contributed by atoms with E-state index in [2.05, 4.69) is 18.8 Å². The second-order valence-electron chi connectivity index (χ2n) is 4.09. The minimum atomic E-state index is 0.571. The fraction of sp³-hybridized carbons (Fsp3) is 0.467. The predicted molar refractivity (Wildman–Crippen MR) is 76.7 cm³/mol. The standard InChI is InChI=1S/C15H18Cl2/c1-2-3-4-5-6-7-8-9-13-10-11-14(16)15(17)12-13/h10-12H,2-7H2,1H3. The maximum Gasteiger partial charge on any atom is 0.0604 e. The second-order valence-corrected chi connectivity index (χ2v) is 4.91. The Labute approximate surface area is 114 Å². The van der Waals surface area contributed by atoms with E-state index in [9.17, 15) is 0 Å². The summed E-state index contributed by atoms with van der Waals surface area (Å²) in [7, 11) is 0. The molecule has 1 rings (SSSR count). The van der Waals surface area contributed by atoms with E-state index >= 15 is 0 Å². The fourth-order valence-electron chi connectivity index (χ4n) is 1.56. The van der Waals surface area contributed by atoms with Crippen LogP contribution >= 0.6 is 23.2 Å². The van der Waals surface area contributed by atoms with Crippen LogP contribution in [0.5, 0.6) is 0 Å². The quantitative estimate of drug-likeness (QED) is 0.474. The average Bonchev–Trinajstić information content (AvgIpc) is 2.32. The Morgan fingerprint density at radius 1 is 1.00 bits per heavy atom. The summed E-state index contributed by atoms with van der Waals surface area (Å²) in [6.07, 6.45) is 7.38. The number of hydrogen-bond donors (Lipinski definition) is 0. The molecule has 0 aliphatic rings. The summed E-state index contributed by atoms with van der Waals surface area (Å²) < 4.78 is 0. The molecule has 0 aliphatic carbocycles. The van der Waals surface area contributed by atoms with Crippen LogP contribution < -0.4 is 0 Å². The van der Waals surface area contributed by atoms with Crippen molar-refractivity contribution < 1.29 is 0 Å². The molecule has 0 heterocycles. The second kappa shape index (κ2) is 8.45. The number of unbranched alkanes of at least 4 members (excludes halogenated alkanes) is 5. The maximum atomic E-state index is 5.91. The number of hydrogen-bond acceptors (Lipinski definition) is 0. The molecule has 0 saturated carbocycles. The van der Waals surface area contributed by atoms with Gasteiger partial charge in [-0.3, -0.25) is 0 Å². The lowest BCUT2D eigenvalue weighted by atomic mass is 10.1. The smallest absolute Gasteiger partial charge is 0.0604 e. The summed E-state index contributed by atoms with van der Waals surface area (Å²) in [6, 6.07) is 5.50. The molecular weight excluding hydrogens is 251 g/mol. The first-order chi connectivity index (χ1) is 8.24. The molecule has 0 N–H and O–H groups in total. The lowest BCUT2D eigenvalue weighted by Crippen LogP contribution is -1.78. The van der Waals surface area contributed by atoms with Gasteiger partial charge in [-0.05, 0) is 24.6 Å². The fourth-order valence-corrected chi connectivity index (χ4v) is 1.85. The molecule has 0 spiro atoms. The first-order valence-corrected chi connectivity index (χ1v) is 6.93. The van der Waals surface area contributed by atoms with E-state index in [0.29, 0.717) is 10.0 Å². The van der Waals surface area contributed by atoms with Crippen LogP contribution in [-0.4, -0.2) is 0 Å². The van der Waals surface area contributed by atoms with Gasteiger partial charge in [0.2, 0.25) is 0 Å². The highest BCUT2D eigenvalue weighted by molar-refractivity contribution is 6.42. The van der Waals surface area contributed by atoms with Crippen LogP contribution in [0.3, 0.4) is 0 Å². The number of rotatable bonds is 5. The number of halogens is 2. The molecule has 1 aromatic rings. The zero-order valence-corrected chi connectivity index (χ0v) is 11.7. The van der Waals surface area contributed by atoms with Gasteiger partial charge in [-0.25, -0.2) is 0 Å². The molecule has 0 nitrogen and oxygen atoms in total. The summed E-state index contributed by atoms with van der Waals surface area (Å²) >= 11 is 11.7. The van der Waals surface area contributed by atoms with E-state index in [-0.39, 0.29) is 0 Å². The minimum absolute atomic E-state index is 0.571. The van der Waals surface area contributed by atoms with Gasteiger partial charge in [-0.15, -0.1) is 0 Å². The molecule has 0 aliphatic heterocycles. The third-order valence-electron chi connectivity index (χ3n) is 2.56. The van der Waals surface area contributed by atoms with Gasteiger partial charge in [-0.2, -0.15) is 0 Å². The van der Waals surface area contributed by atoms with Gasteiger partial charge in [0.15, 0.2) is 0 Å². The van der Waals surface area contributed by atoms with Crippen LogP contribution in [0.15, 0.2) is 18.2 Å². The van der Waals surface area contributed by atoms with Crippen LogP contribution in [0, 0.1) is 11.8 Å². The van der Waals surface area contributed by atoms with Gasteiger partial charge < -0.3 is 0 Å². The summed E-state index contributed by atoms with van der Waals surface area (Å²) in [5, 5.41) is 1.15. The van der Waals surface area contributed by atoms with Crippen LogP contribution in [-0.2, 0) is 0 Å². The Hall–Kier alpha value is -0.640. The van der Waals surface area contributed by atoms with Crippen molar-refractivity contribution >= 4 is 23.2 Å². The van der Waals surface area contributed by atoms with Gasteiger partial charge in [-0.1, -0.05) is 67.6 Å². The summed E-state index contributed by atoms with van der Waals surface area (Å²) in [5.74, 6) is 6.28. The van der Waals surface area contributed by atoms with E-state index in [1.807, 2.05) is 12.1 Å². The SMILES string of the molecule is CCCCCCCC#Cc1ccc(Cl)c(Cl)c1. The summed E-state index contributed by atoms with van der Waals surface area (Å²) in [5.41, 5.74) is 0.938. The Kier molecular flexibility index (Phi) is 7.17. The largest absolute Gasteiger partial charge is 0.0979 e. The molecule has 0 unspecified atom stereocenters. The molecule has 2 heteroatoms. The third-order valence-corrected chi connectivity index (χ3v) is 3.30. The van der Waals surface area contributed by atoms with Gasteiger partial charge in [0.25, 0.3) is 0 Å². The summed E-state index contributed by atoms with van der Waals surface area (Å²) in [4.78, 5) is 0. The predicted octanol–water partition coefficient (Wildman–Crippen LogP) is 5.71. The average molecular weight is 269 g/mol. The minimum Gasteiger partial charge on any atom is -0.0979 e. The Balaban J connectivity index is 2.31. The highest BCUT2D eigenvalue weighted by atomic mass is 35.5. The molecule has 1 aromatic carbocycles. The van der Waals surface area contributed by atoms with Crippen molar-refractivity contribution in [1.29, 1.82) is 0 Å². The monoisotopic (exact) mass is 268 g/mol. The van der Waals surface area contributed by atoms with Crippen LogP contribution in [0.1, 0.15) is 51.0 Å². The van der Waals surface area contributed by atoms with E-state index in [1.54, 1.807) is 6.07 Å². The van der Waals surface area contributed by atoms with Gasteiger partial charge in [0.05, 0.1) is 10.0 Å². The van der Waals surface area contributed by atoms with E-state index in [1.165, 1.54) is 32.1 Å². The molecule has 0 amide bonds. The van der Waals surface area contributed by atoms with Gasteiger partial charge >= 0.3 is 0 Å². The molecule has 0 aromatic heterocycles. The Bertz CT molecular complexity index is 399. The Morgan fingerprint density at radius 2 is 1.76 bits per heavy atom. The molecule has 0 radical (unpaired) electrons.